The van der Waals surface area contributed by atoms with Gasteiger partial charge in [-0.25, -0.2) is 8.42 Å². The number of hydrogen-bond acceptors (Lipinski definition) is 7. The van der Waals surface area contributed by atoms with Crippen LogP contribution in [0.5, 0.6) is 0 Å². The molecule has 0 bridgehead atoms. The molecule has 1 heterocycles. The Kier molecular flexibility index (Phi) is 4.19. The molecular formula is C11H18N4O3S2. The first-order valence-corrected chi connectivity index (χ1v) is 8.66. The minimum Gasteiger partial charge on any atom is -0.382 e. The van der Waals surface area contributed by atoms with Gasteiger partial charge in [-0.05, 0) is 31.3 Å². The van der Waals surface area contributed by atoms with Crippen LogP contribution in [0.3, 0.4) is 0 Å². The number of sulfone groups is 1. The monoisotopic (exact) mass is 318 g/mol. The Labute approximate surface area is 122 Å². The van der Waals surface area contributed by atoms with E-state index in [1.807, 2.05) is 6.92 Å². The zero-order valence-corrected chi connectivity index (χ0v) is 13.1. The number of carbonyl (C=O) groups excluding carboxylic acids is 1. The molecule has 1 aromatic heterocycles. The largest absolute Gasteiger partial charge is 0.382 e. The fourth-order valence-corrected chi connectivity index (χ4v) is 4.89. The van der Waals surface area contributed by atoms with E-state index in [9.17, 15) is 13.2 Å². The molecule has 3 N–H and O–H groups in total. The molecule has 2 rings (SSSR count). The Hall–Kier alpha value is -1.35. The summed E-state index contributed by atoms with van der Waals surface area (Å²) in [6.45, 7) is 2.43. The average Bonchev–Trinajstić information content (AvgIpc) is 3.13. The summed E-state index contributed by atoms with van der Waals surface area (Å²) in [7, 11) is -1.77. The number of hydrogen-bond donors (Lipinski definition) is 2. The van der Waals surface area contributed by atoms with Crippen LogP contribution in [0.4, 0.5) is 10.8 Å². The van der Waals surface area contributed by atoms with Crippen molar-refractivity contribution < 1.29 is 13.2 Å². The summed E-state index contributed by atoms with van der Waals surface area (Å²) in [4.78, 5) is 13.2. The van der Waals surface area contributed by atoms with Crippen LogP contribution in [0.15, 0.2) is 4.90 Å². The number of amides is 1. The second kappa shape index (κ2) is 5.57. The van der Waals surface area contributed by atoms with Crippen molar-refractivity contribution in [3.63, 3.8) is 0 Å². The number of nitrogens with one attached hydrogen (secondary N) is 1. The maximum absolute atomic E-state index is 12.4. The van der Waals surface area contributed by atoms with Crippen molar-refractivity contribution >= 4 is 38.1 Å². The molecule has 9 heteroatoms. The maximum Gasteiger partial charge on any atom is 0.239 e. The molecule has 1 fully saturated rings. The third kappa shape index (κ3) is 2.88. The van der Waals surface area contributed by atoms with Gasteiger partial charge in [0, 0.05) is 13.6 Å². The van der Waals surface area contributed by atoms with Crippen molar-refractivity contribution in [2.75, 3.05) is 30.8 Å². The average molecular weight is 318 g/mol. The van der Waals surface area contributed by atoms with E-state index in [0.29, 0.717) is 24.4 Å². The molecule has 0 atom stereocenters. The van der Waals surface area contributed by atoms with Gasteiger partial charge >= 0.3 is 0 Å². The Morgan fingerprint density at radius 1 is 1.55 bits per heavy atom. The number of nitrogens with zero attached hydrogens (tertiary/aromatic N) is 2. The number of likely N-dealkylation sites (N-methyl/N-ethyl adjacent to an activating group) is 2. The van der Waals surface area contributed by atoms with Gasteiger partial charge in [-0.1, -0.05) is 0 Å². The zero-order valence-electron chi connectivity index (χ0n) is 11.4. The van der Waals surface area contributed by atoms with E-state index in [-0.39, 0.29) is 28.4 Å². The first kappa shape index (κ1) is 15.0. The highest BCUT2D eigenvalue weighted by atomic mass is 32.2. The number of aromatic nitrogens is 1. The molecule has 112 valence electrons. The van der Waals surface area contributed by atoms with Gasteiger partial charge < -0.3 is 16.0 Å². The van der Waals surface area contributed by atoms with Crippen LogP contribution < -0.4 is 16.0 Å². The molecular weight excluding hydrogens is 300 g/mol. The predicted octanol–water partition coefficient (Wildman–Crippen LogP) is 0.234. The molecule has 1 amide bonds. The van der Waals surface area contributed by atoms with E-state index in [4.69, 9.17) is 5.73 Å². The minimum atomic E-state index is -3.43. The molecule has 0 aromatic carbocycles. The van der Waals surface area contributed by atoms with Crippen LogP contribution in [0.25, 0.3) is 0 Å². The van der Waals surface area contributed by atoms with Gasteiger partial charge in [-0.3, -0.25) is 4.79 Å². The minimum absolute atomic E-state index is 0.0275. The summed E-state index contributed by atoms with van der Waals surface area (Å²) in [5.74, 6) is -0.142. The lowest BCUT2D eigenvalue weighted by atomic mass is 10.5. The molecule has 7 nitrogen and oxygen atoms in total. The molecule has 1 aliphatic carbocycles. The lowest BCUT2D eigenvalue weighted by molar-refractivity contribution is -0.119. The van der Waals surface area contributed by atoms with E-state index in [0.717, 1.165) is 11.5 Å². The third-order valence-corrected chi connectivity index (χ3v) is 6.43. The summed E-state index contributed by atoms with van der Waals surface area (Å²) >= 11 is 1.01. The highest BCUT2D eigenvalue weighted by Gasteiger charge is 2.41. The molecule has 0 saturated heterocycles. The van der Waals surface area contributed by atoms with Crippen molar-refractivity contribution in [2.45, 2.75) is 29.9 Å². The summed E-state index contributed by atoms with van der Waals surface area (Å²) in [5.41, 5.74) is 5.71. The molecule has 1 aliphatic rings. The first-order chi connectivity index (χ1) is 9.37. The number of nitrogens with two attached hydrogens (primary N) is 1. The van der Waals surface area contributed by atoms with Crippen molar-refractivity contribution in [1.29, 1.82) is 0 Å². The van der Waals surface area contributed by atoms with Gasteiger partial charge in [0.15, 0.2) is 15.7 Å². The number of carbonyl (C=O) groups is 1. The van der Waals surface area contributed by atoms with Crippen molar-refractivity contribution in [2.24, 2.45) is 0 Å². The second-order valence-corrected chi connectivity index (χ2v) is 7.67. The van der Waals surface area contributed by atoms with Crippen LogP contribution in [0.2, 0.25) is 0 Å². The fourth-order valence-electron chi connectivity index (χ4n) is 1.88. The standard InChI is InChI=1S/C11H18N4O3S2/c1-3-13-8(16)6-15(2)11-9(10(12)14-19-11)20(17,18)7-4-5-7/h7H,3-6H2,1-2H3,(H2,12,14)(H,13,16). The number of rotatable bonds is 6. The highest BCUT2D eigenvalue weighted by molar-refractivity contribution is 7.92. The van der Waals surface area contributed by atoms with Crippen LogP contribution in [-0.4, -0.2) is 44.1 Å². The maximum atomic E-state index is 12.4. The summed E-state index contributed by atoms with van der Waals surface area (Å²) < 4.78 is 28.7. The van der Waals surface area contributed by atoms with E-state index >= 15 is 0 Å². The van der Waals surface area contributed by atoms with Gasteiger partial charge in [0.1, 0.15) is 9.90 Å². The first-order valence-electron chi connectivity index (χ1n) is 6.34. The van der Waals surface area contributed by atoms with E-state index < -0.39 is 9.84 Å². The fraction of sp³-hybridized carbons (Fsp3) is 0.636. The summed E-state index contributed by atoms with van der Waals surface area (Å²) in [5, 5.41) is 2.75. The SMILES string of the molecule is CCNC(=O)CN(C)c1snc(N)c1S(=O)(=O)C1CC1. The molecule has 1 aromatic rings. The Morgan fingerprint density at radius 2 is 2.20 bits per heavy atom. The van der Waals surface area contributed by atoms with E-state index in [1.165, 1.54) is 0 Å². The van der Waals surface area contributed by atoms with Crippen molar-refractivity contribution in [1.82, 2.24) is 9.69 Å². The van der Waals surface area contributed by atoms with Crippen LogP contribution in [0.1, 0.15) is 19.8 Å². The van der Waals surface area contributed by atoms with Crippen LogP contribution in [-0.2, 0) is 14.6 Å². The quantitative estimate of drug-likeness (QED) is 0.778. The van der Waals surface area contributed by atoms with Gasteiger partial charge in [-0.2, -0.15) is 4.37 Å². The predicted molar refractivity (Wildman–Crippen MR) is 78.7 cm³/mol. The van der Waals surface area contributed by atoms with E-state index in [1.54, 1.807) is 11.9 Å². The van der Waals surface area contributed by atoms with Gasteiger partial charge in [0.05, 0.1) is 11.8 Å². The normalized spacial score (nSPS) is 15.1. The number of nitrogen functional groups attached to an aromatic ring is 1. The highest BCUT2D eigenvalue weighted by Crippen LogP contribution is 2.42. The Balaban J connectivity index is 2.27. The molecule has 20 heavy (non-hydrogen) atoms. The molecule has 1 saturated carbocycles. The van der Waals surface area contributed by atoms with Gasteiger partial charge in [0.2, 0.25) is 5.91 Å². The lowest BCUT2D eigenvalue weighted by Gasteiger charge is -2.17. The molecule has 0 spiro atoms. The zero-order chi connectivity index (χ0) is 14.9. The van der Waals surface area contributed by atoms with Crippen molar-refractivity contribution in [3.8, 4) is 0 Å². The summed E-state index contributed by atoms with van der Waals surface area (Å²) in [6.07, 6.45) is 1.33. The van der Waals surface area contributed by atoms with Crippen molar-refractivity contribution in [3.05, 3.63) is 0 Å². The molecule has 0 aliphatic heterocycles. The lowest BCUT2D eigenvalue weighted by Crippen LogP contribution is -2.35. The topological polar surface area (TPSA) is 105 Å². The van der Waals surface area contributed by atoms with Crippen LogP contribution in [0, 0.1) is 0 Å². The molecule has 0 radical (unpaired) electrons. The van der Waals surface area contributed by atoms with Gasteiger partial charge in [0.25, 0.3) is 0 Å². The number of anilines is 2. The smallest absolute Gasteiger partial charge is 0.239 e. The van der Waals surface area contributed by atoms with Crippen LogP contribution >= 0.6 is 11.5 Å². The second-order valence-electron chi connectivity index (χ2n) is 4.76. The summed E-state index contributed by atoms with van der Waals surface area (Å²) in [6, 6.07) is 0. The third-order valence-electron chi connectivity index (χ3n) is 3.01. The van der Waals surface area contributed by atoms with Gasteiger partial charge in [-0.15, -0.1) is 0 Å². The molecule has 0 unspecified atom stereocenters. The van der Waals surface area contributed by atoms with E-state index in [2.05, 4.69) is 9.69 Å². The Morgan fingerprint density at radius 3 is 2.75 bits per heavy atom. The Bertz CT molecular complexity index is 607.